The van der Waals surface area contributed by atoms with Gasteiger partial charge in [-0.15, -0.1) is 0 Å². The summed E-state index contributed by atoms with van der Waals surface area (Å²) >= 11 is 0. The van der Waals surface area contributed by atoms with E-state index in [1.807, 2.05) is 12.1 Å². The molecule has 3 unspecified atom stereocenters. The van der Waals surface area contributed by atoms with Crippen molar-refractivity contribution < 1.29 is 44.1 Å². The Labute approximate surface area is 243 Å². The van der Waals surface area contributed by atoms with Gasteiger partial charge in [0.25, 0.3) is 0 Å². The molecule has 9 heteroatoms. The Morgan fingerprint density at radius 1 is 0.595 bits per heavy atom. The van der Waals surface area contributed by atoms with E-state index in [2.05, 4.69) is 0 Å². The van der Waals surface area contributed by atoms with Crippen LogP contribution in [0.15, 0.2) is 60.7 Å². The lowest BCUT2D eigenvalue weighted by molar-refractivity contribution is 0.241. The fourth-order valence-corrected chi connectivity index (χ4v) is 6.14. The number of phenols is 4. The number of rotatable bonds is 6. The number of fused-ring (bicyclic) bond motifs is 2. The van der Waals surface area contributed by atoms with Crippen LogP contribution in [0, 0.1) is 0 Å². The van der Waals surface area contributed by atoms with Crippen LogP contribution in [0.2, 0.25) is 0 Å². The lowest BCUT2D eigenvalue weighted by Crippen LogP contribution is -2.26. The van der Waals surface area contributed by atoms with E-state index in [4.69, 9.17) is 23.7 Å². The zero-order chi connectivity index (χ0) is 29.5. The zero-order valence-electron chi connectivity index (χ0n) is 23.5. The second-order valence-corrected chi connectivity index (χ2v) is 10.5. The van der Waals surface area contributed by atoms with E-state index < -0.39 is 11.8 Å². The quantitative estimate of drug-likeness (QED) is 0.235. The molecule has 0 bridgehead atoms. The van der Waals surface area contributed by atoms with Gasteiger partial charge in [-0.05, 0) is 36.2 Å². The summed E-state index contributed by atoms with van der Waals surface area (Å²) in [6.45, 7) is 0.501. The molecule has 0 radical (unpaired) electrons. The SMILES string of the molecule is COc1cc(O)c(C2COc3cc(O)ccc3C2c2cc(C3COc4cc(O)ccc4C3)c(O)cc2OC)cc1OC. The molecule has 0 spiro atoms. The van der Waals surface area contributed by atoms with E-state index in [-0.39, 0.29) is 35.5 Å². The molecule has 2 aliphatic rings. The van der Waals surface area contributed by atoms with E-state index >= 15 is 0 Å². The fraction of sp³-hybridized carbons (Fsp3) is 0.273. The molecular formula is C33H32O9. The molecule has 3 atom stereocenters. The van der Waals surface area contributed by atoms with Gasteiger partial charge in [-0.2, -0.15) is 0 Å². The predicted molar refractivity (Wildman–Crippen MR) is 154 cm³/mol. The third-order valence-electron chi connectivity index (χ3n) is 8.20. The number of hydrogen-bond donors (Lipinski definition) is 4. The van der Waals surface area contributed by atoms with E-state index in [1.54, 1.807) is 49.6 Å². The first-order valence-corrected chi connectivity index (χ1v) is 13.6. The summed E-state index contributed by atoms with van der Waals surface area (Å²) in [7, 11) is 4.59. The molecule has 6 rings (SSSR count). The van der Waals surface area contributed by atoms with Gasteiger partial charge in [0, 0.05) is 64.3 Å². The van der Waals surface area contributed by atoms with Crippen LogP contribution in [0.4, 0.5) is 0 Å². The number of ether oxygens (including phenoxy) is 5. The number of methoxy groups -OCH3 is 3. The molecular weight excluding hydrogens is 540 g/mol. The smallest absolute Gasteiger partial charge is 0.164 e. The van der Waals surface area contributed by atoms with Gasteiger partial charge in [-0.1, -0.05) is 12.1 Å². The maximum atomic E-state index is 11.2. The van der Waals surface area contributed by atoms with Crippen LogP contribution in [-0.2, 0) is 6.42 Å². The molecule has 0 amide bonds. The normalized spacial score (nSPS) is 19.1. The molecule has 0 fully saturated rings. The Bertz CT molecular complexity index is 1650. The average molecular weight is 573 g/mol. The van der Waals surface area contributed by atoms with Crippen molar-refractivity contribution in [2.45, 2.75) is 24.2 Å². The van der Waals surface area contributed by atoms with Crippen molar-refractivity contribution in [3.05, 3.63) is 88.5 Å². The largest absolute Gasteiger partial charge is 0.508 e. The zero-order valence-corrected chi connectivity index (χ0v) is 23.5. The Morgan fingerprint density at radius 3 is 1.95 bits per heavy atom. The summed E-state index contributed by atoms with van der Waals surface area (Å²) in [6.07, 6.45) is 0.604. The third kappa shape index (κ3) is 4.70. The van der Waals surface area contributed by atoms with Crippen LogP contribution in [0.1, 0.15) is 45.6 Å². The second-order valence-electron chi connectivity index (χ2n) is 10.5. The van der Waals surface area contributed by atoms with Gasteiger partial charge in [0.2, 0.25) is 0 Å². The van der Waals surface area contributed by atoms with E-state index in [9.17, 15) is 20.4 Å². The molecule has 218 valence electrons. The van der Waals surface area contributed by atoms with Crippen LogP contribution in [0.3, 0.4) is 0 Å². The van der Waals surface area contributed by atoms with Gasteiger partial charge in [-0.3, -0.25) is 0 Å². The lowest BCUT2D eigenvalue weighted by Gasteiger charge is -2.36. The molecule has 4 N–H and O–H groups in total. The Kier molecular flexibility index (Phi) is 7.02. The average Bonchev–Trinajstić information content (AvgIpc) is 3.00. The first kappa shape index (κ1) is 27.3. The van der Waals surface area contributed by atoms with Gasteiger partial charge in [0.05, 0.1) is 34.5 Å². The Balaban J connectivity index is 1.51. The van der Waals surface area contributed by atoms with E-state index in [0.717, 1.165) is 16.7 Å². The van der Waals surface area contributed by atoms with Crippen LogP contribution in [-0.4, -0.2) is 55.0 Å². The van der Waals surface area contributed by atoms with Crippen LogP contribution in [0.25, 0.3) is 0 Å². The topological polar surface area (TPSA) is 127 Å². The predicted octanol–water partition coefficient (Wildman–Crippen LogP) is 5.56. The van der Waals surface area contributed by atoms with Crippen LogP contribution >= 0.6 is 0 Å². The Hall–Kier alpha value is -4.92. The highest BCUT2D eigenvalue weighted by Gasteiger charge is 2.38. The van der Waals surface area contributed by atoms with Crippen LogP contribution < -0.4 is 23.7 Å². The van der Waals surface area contributed by atoms with Crippen molar-refractivity contribution in [1.82, 2.24) is 0 Å². The summed E-state index contributed by atoms with van der Waals surface area (Å²) in [5, 5.41) is 42.4. The minimum atomic E-state index is -0.403. The Morgan fingerprint density at radius 2 is 1.21 bits per heavy atom. The standard InChI is InChI=1S/C33H32O9/c1-38-29-13-26(36)22(18-8-17-4-5-19(34)9-28(17)41-15-18)11-24(29)33-21-7-6-20(35)10-30(21)42-16-25(33)23-12-31(39-2)32(40-3)14-27(23)37/h4-7,9-14,18,25,33-37H,8,15-16H2,1-3H3. The molecule has 42 heavy (non-hydrogen) atoms. The molecule has 9 nitrogen and oxygen atoms in total. The van der Waals surface area contributed by atoms with E-state index in [1.165, 1.54) is 20.3 Å². The number of aromatic hydroxyl groups is 4. The molecule has 0 aliphatic carbocycles. The van der Waals surface area contributed by atoms with Gasteiger partial charge in [-0.25, -0.2) is 0 Å². The lowest BCUT2D eigenvalue weighted by atomic mass is 9.74. The van der Waals surface area contributed by atoms with Crippen molar-refractivity contribution in [2.75, 3.05) is 34.5 Å². The monoisotopic (exact) mass is 572 g/mol. The van der Waals surface area contributed by atoms with Crippen molar-refractivity contribution in [3.8, 4) is 51.7 Å². The van der Waals surface area contributed by atoms with Gasteiger partial charge >= 0.3 is 0 Å². The van der Waals surface area contributed by atoms with Crippen molar-refractivity contribution in [2.24, 2.45) is 0 Å². The summed E-state index contributed by atoms with van der Waals surface area (Å²) in [5.41, 5.74) is 3.76. The van der Waals surface area contributed by atoms with Crippen LogP contribution in [0.5, 0.6) is 51.7 Å². The number of hydrogen-bond acceptors (Lipinski definition) is 9. The summed E-state index contributed by atoms with van der Waals surface area (Å²) in [4.78, 5) is 0. The molecule has 0 aromatic heterocycles. The molecule has 2 aliphatic heterocycles. The van der Waals surface area contributed by atoms with Gasteiger partial charge < -0.3 is 44.1 Å². The minimum absolute atomic E-state index is 0.0204. The van der Waals surface area contributed by atoms with Gasteiger partial charge in [0.1, 0.15) is 40.2 Å². The molecule has 0 saturated carbocycles. The van der Waals surface area contributed by atoms with E-state index in [0.29, 0.717) is 52.9 Å². The first-order chi connectivity index (χ1) is 20.3. The minimum Gasteiger partial charge on any atom is -0.508 e. The fourth-order valence-electron chi connectivity index (χ4n) is 6.14. The highest BCUT2D eigenvalue weighted by molar-refractivity contribution is 5.60. The first-order valence-electron chi connectivity index (χ1n) is 13.6. The molecule has 2 heterocycles. The number of benzene rings is 4. The van der Waals surface area contributed by atoms with Crippen molar-refractivity contribution >= 4 is 0 Å². The molecule has 4 aromatic rings. The summed E-state index contributed by atoms with van der Waals surface area (Å²) in [5.74, 6) is 1.80. The van der Waals surface area contributed by atoms with Crippen molar-refractivity contribution in [3.63, 3.8) is 0 Å². The highest BCUT2D eigenvalue weighted by Crippen LogP contribution is 2.53. The van der Waals surface area contributed by atoms with Gasteiger partial charge in [0.15, 0.2) is 11.5 Å². The van der Waals surface area contributed by atoms with Crippen molar-refractivity contribution in [1.29, 1.82) is 0 Å². The number of phenolic OH excluding ortho intramolecular Hbond substituents is 4. The molecule has 4 aromatic carbocycles. The third-order valence-corrected chi connectivity index (χ3v) is 8.20. The molecule has 0 saturated heterocycles. The maximum Gasteiger partial charge on any atom is 0.164 e. The summed E-state index contributed by atoms with van der Waals surface area (Å²) in [6, 6.07) is 16.8. The summed E-state index contributed by atoms with van der Waals surface area (Å²) < 4.78 is 28.9. The highest BCUT2D eigenvalue weighted by atomic mass is 16.5. The maximum absolute atomic E-state index is 11.2. The second kappa shape index (κ2) is 10.8.